The summed E-state index contributed by atoms with van der Waals surface area (Å²) < 4.78 is 51.5. The highest BCUT2D eigenvalue weighted by Gasteiger charge is 2.39. The Bertz CT molecular complexity index is 695. The van der Waals surface area contributed by atoms with E-state index in [1.165, 1.54) is 24.6 Å². The number of hydrogen-bond acceptors (Lipinski definition) is 5. The molecule has 0 radical (unpaired) electrons. The smallest absolute Gasteiger partial charge is 0.246 e. The lowest BCUT2D eigenvalue weighted by Crippen LogP contribution is -2.43. The van der Waals surface area contributed by atoms with Crippen LogP contribution in [0.4, 0.5) is 4.39 Å². The molecular weight excluding hydrogens is 323 g/mol. The molecule has 2 unspecified atom stereocenters. The first kappa shape index (κ1) is 16.5. The van der Waals surface area contributed by atoms with Gasteiger partial charge >= 0.3 is 0 Å². The van der Waals surface area contributed by atoms with E-state index in [0.29, 0.717) is 24.9 Å². The van der Waals surface area contributed by atoms with E-state index in [1.54, 1.807) is 0 Å². The van der Waals surface area contributed by atoms with Gasteiger partial charge in [0.2, 0.25) is 10.0 Å². The van der Waals surface area contributed by atoms with E-state index in [1.807, 2.05) is 0 Å². The maximum Gasteiger partial charge on any atom is 0.246 e. The van der Waals surface area contributed by atoms with Gasteiger partial charge in [-0.1, -0.05) is 0 Å². The van der Waals surface area contributed by atoms with Crippen LogP contribution in [-0.4, -0.2) is 53.1 Å². The van der Waals surface area contributed by atoms with E-state index in [0.717, 1.165) is 25.6 Å². The summed E-state index contributed by atoms with van der Waals surface area (Å²) in [6.45, 7) is 2.58. The maximum absolute atomic E-state index is 14.3. The predicted molar refractivity (Wildman–Crippen MR) is 82.7 cm³/mol. The third-order valence-electron chi connectivity index (χ3n) is 4.72. The van der Waals surface area contributed by atoms with Gasteiger partial charge in [-0.25, -0.2) is 12.8 Å². The lowest BCUT2D eigenvalue weighted by molar-refractivity contribution is 0.227. The Morgan fingerprint density at radius 1 is 1.17 bits per heavy atom. The fourth-order valence-corrected chi connectivity index (χ4v) is 4.97. The first-order valence-corrected chi connectivity index (χ1v) is 9.03. The van der Waals surface area contributed by atoms with Gasteiger partial charge in [0, 0.05) is 25.2 Å². The molecule has 1 aromatic rings. The number of fused-ring (bicyclic) bond motifs is 1. The van der Waals surface area contributed by atoms with Crippen LogP contribution in [0.15, 0.2) is 17.0 Å². The monoisotopic (exact) mass is 344 g/mol. The van der Waals surface area contributed by atoms with E-state index >= 15 is 0 Å². The van der Waals surface area contributed by atoms with Gasteiger partial charge in [-0.2, -0.15) is 4.31 Å². The van der Waals surface area contributed by atoms with Crippen molar-refractivity contribution >= 4 is 10.0 Å². The van der Waals surface area contributed by atoms with E-state index in [-0.39, 0.29) is 16.4 Å². The molecule has 2 aliphatic heterocycles. The quantitative estimate of drug-likeness (QED) is 0.885. The van der Waals surface area contributed by atoms with E-state index < -0.39 is 15.8 Å². The largest absolute Gasteiger partial charge is 0.493 e. The molecule has 0 bridgehead atoms. The second kappa shape index (κ2) is 6.26. The molecule has 6 nitrogen and oxygen atoms in total. The number of ether oxygens (including phenoxy) is 2. The minimum absolute atomic E-state index is 0.169. The maximum atomic E-state index is 14.3. The first-order valence-electron chi connectivity index (χ1n) is 7.59. The Morgan fingerprint density at radius 2 is 1.83 bits per heavy atom. The number of sulfonamides is 1. The fraction of sp³-hybridized carbons (Fsp3) is 0.600. The molecule has 0 spiro atoms. The van der Waals surface area contributed by atoms with Gasteiger partial charge in [-0.3, -0.25) is 0 Å². The summed E-state index contributed by atoms with van der Waals surface area (Å²) in [5.41, 5.74) is 0. The van der Waals surface area contributed by atoms with Crippen molar-refractivity contribution in [1.29, 1.82) is 0 Å². The number of nitrogens with zero attached hydrogens (tertiary/aromatic N) is 1. The van der Waals surface area contributed by atoms with Gasteiger partial charge in [0.05, 0.1) is 14.2 Å². The SMILES string of the molecule is COc1cc(F)c(S(=O)(=O)N2CCC3CNCC3C2)cc1OC. The van der Waals surface area contributed by atoms with Crippen LogP contribution in [0.1, 0.15) is 6.42 Å². The van der Waals surface area contributed by atoms with Crippen molar-refractivity contribution < 1.29 is 22.3 Å². The van der Waals surface area contributed by atoms with Gasteiger partial charge in [0.25, 0.3) is 0 Å². The van der Waals surface area contributed by atoms with Crippen LogP contribution >= 0.6 is 0 Å². The minimum atomic E-state index is -3.89. The molecule has 2 heterocycles. The Morgan fingerprint density at radius 3 is 2.52 bits per heavy atom. The lowest BCUT2D eigenvalue weighted by Gasteiger charge is -2.33. The Balaban J connectivity index is 1.93. The highest BCUT2D eigenvalue weighted by atomic mass is 32.2. The number of rotatable bonds is 4. The number of nitrogens with one attached hydrogen (secondary N) is 1. The number of halogens is 1. The van der Waals surface area contributed by atoms with Crippen molar-refractivity contribution in [3.05, 3.63) is 17.9 Å². The van der Waals surface area contributed by atoms with E-state index in [4.69, 9.17) is 9.47 Å². The van der Waals surface area contributed by atoms with Gasteiger partial charge in [0.1, 0.15) is 10.7 Å². The lowest BCUT2D eigenvalue weighted by atomic mass is 9.90. The Labute approximate surface area is 135 Å². The van der Waals surface area contributed by atoms with Crippen molar-refractivity contribution in [2.75, 3.05) is 40.4 Å². The zero-order valence-electron chi connectivity index (χ0n) is 13.2. The zero-order valence-corrected chi connectivity index (χ0v) is 14.0. The van der Waals surface area contributed by atoms with Crippen LogP contribution in [-0.2, 0) is 10.0 Å². The van der Waals surface area contributed by atoms with Crippen LogP contribution in [0.5, 0.6) is 11.5 Å². The molecule has 1 N–H and O–H groups in total. The van der Waals surface area contributed by atoms with Crippen LogP contribution in [0, 0.1) is 17.7 Å². The summed E-state index contributed by atoms with van der Waals surface area (Å²) in [6, 6.07) is 2.25. The number of piperidine rings is 1. The average Bonchev–Trinajstić information content (AvgIpc) is 3.01. The van der Waals surface area contributed by atoms with E-state index in [9.17, 15) is 12.8 Å². The summed E-state index contributed by atoms with van der Waals surface area (Å²) in [7, 11) is -1.12. The molecule has 23 heavy (non-hydrogen) atoms. The molecule has 0 aliphatic carbocycles. The molecule has 8 heteroatoms. The molecule has 1 aromatic carbocycles. The molecule has 128 valence electrons. The minimum Gasteiger partial charge on any atom is -0.493 e. The standard InChI is InChI=1S/C15H21FN2O4S/c1-21-13-5-12(16)15(6-14(13)22-2)23(19,20)18-4-3-10-7-17-8-11(10)9-18/h5-6,10-11,17H,3-4,7-9H2,1-2H3. The van der Waals surface area contributed by atoms with Gasteiger partial charge < -0.3 is 14.8 Å². The van der Waals surface area contributed by atoms with Crippen molar-refractivity contribution in [2.45, 2.75) is 11.3 Å². The highest BCUT2D eigenvalue weighted by molar-refractivity contribution is 7.89. The van der Waals surface area contributed by atoms with Gasteiger partial charge in [-0.15, -0.1) is 0 Å². The highest BCUT2D eigenvalue weighted by Crippen LogP contribution is 2.35. The summed E-state index contributed by atoms with van der Waals surface area (Å²) in [5, 5.41) is 3.29. The molecule has 0 saturated carbocycles. The summed E-state index contributed by atoms with van der Waals surface area (Å²) >= 11 is 0. The molecular formula is C15H21FN2O4S. The summed E-state index contributed by atoms with van der Waals surface area (Å²) in [6.07, 6.45) is 0.797. The van der Waals surface area contributed by atoms with Crippen molar-refractivity contribution in [2.24, 2.45) is 11.8 Å². The fourth-order valence-electron chi connectivity index (χ4n) is 3.39. The second-order valence-electron chi connectivity index (χ2n) is 5.97. The van der Waals surface area contributed by atoms with Crippen LogP contribution in [0.25, 0.3) is 0 Å². The van der Waals surface area contributed by atoms with Crippen LogP contribution in [0.2, 0.25) is 0 Å². The third-order valence-corrected chi connectivity index (χ3v) is 6.60. The molecule has 2 aliphatic rings. The zero-order chi connectivity index (χ0) is 16.6. The predicted octanol–water partition coefficient (Wildman–Crippen LogP) is 1.07. The molecule has 0 aromatic heterocycles. The van der Waals surface area contributed by atoms with Crippen LogP contribution in [0.3, 0.4) is 0 Å². The molecule has 0 amide bonds. The topological polar surface area (TPSA) is 67.9 Å². The van der Waals surface area contributed by atoms with Crippen molar-refractivity contribution in [3.8, 4) is 11.5 Å². The summed E-state index contributed by atoms with van der Waals surface area (Å²) in [4.78, 5) is -0.362. The Kier molecular flexibility index (Phi) is 4.48. The van der Waals surface area contributed by atoms with Crippen molar-refractivity contribution in [3.63, 3.8) is 0 Å². The Hall–Kier alpha value is -1.38. The van der Waals surface area contributed by atoms with Gasteiger partial charge in [-0.05, 0) is 31.3 Å². The number of benzene rings is 1. The molecule has 2 saturated heterocycles. The normalized spacial score (nSPS) is 25.2. The molecule has 2 atom stereocenters. The number of methoxy groups -OCH3 is 2. The molecule has 2 fully saturated rings. The second-order valence-corrected chi connectivity index (χ2v) is 7.87. The van der Waals surface area contributed by atoms with Gasteiger partial charge in [0.15, 0.2) is 11.5 Å². The first-order chi connectivity index (χ1) is 11.0. The van der Waals surface area contributed by atoms with E-state index in [2.05, 4.69) is 5.32 Å². The van der Waals surface area contributed by atoms with Crippen LogP contribution < -0.4 is 14.8 Å². The third kappa shape index (κ3) is 2.90. The van der Waals surface area contributed by atoms with Crippen molar-refractivity contribution in [1.82, 2.24) is 9.62 Å². The molecule has 3 rings (SSSR count). The summed E-state index contributed by atoms with van der Waals surface area (Å²) in [5.74, 6) is 0.347. The number of hydrogen-bond donors (Lipinski definition) is 1. The average molecular weight is 344 g/mol.